The first kappa shape index (κ1) is 20.2. The quantitative estimate of drug-likeness (QED) is 0.550. The Balaban J connectivity index is 5.06. The van der Waals surface area contributed by atoms with Crippen molar-refractivity contribution in [3.8, 4) is 0 Å². The second-order valence-electron chi connectivity index (χ2n) is 7.52. The van der Waals surface area contributed by atoms with Crippen LogP contribution in [0.4, 0.5) is 0 Å². The molecule has 0 aliphatic rings. The Morgan fingerprint density at radius 1 is 0.750 bits per heavy atom. The summed E-state index contributed by atoms with van der Waals surface area (Å²) in [5.74, 6) is 0. The van der Waals surface area contributed by atoms with E-state index in [0.29, 0.717) is 12.1 Å². The summed E-state index contributed by atoms with van der Waals surface area (Å²) in [5, 5.41) is 0. The topological polar surface area (TPSA) is 45.8 Å². The SMILES string of the molecule is CC(C)NN(NC(C)C)P(OC(C)(C)C)OC(C)(C)C. The van der Waals surface area contributed by atoms with Crippen molar-refractivity contribution in [2.45, 2.75) is 92.5 Å². The van der Waals surface area contributed by atoms with Crippen LogP contribution in [-0.2, 0) is 9.05 Å². The van der Waals surface area contributed by atoms with Crippen molar-refractivity contribution in [2.24, 2.45) is 0 Å². The summed E-state index contributed by atoms with van der Waals surface area (Å²) in [7, 11) is -1.25. The van der Waals surface area contributed by atoms with Crippen molar-refractivity contribution < 1.29 is 9.05 Å². The highest BCUT2D eigenvalue weighted by Gasteiger charge is 2.32. The smallest absolute Gasteiger partial charge is 0.289 e. The molecular weight excluding hydrogens is 273 g/mol. The normalized spacial score (nSPS) is 14.1. The van der Waals surface area contributed by atoms with E-state index in [1.807, 2.05) is 46.4 Å². The molecule has 0 radical (unpaired) electrons. The summed E-state index contributed by atoms with van der Waals surface area (Å²) in [6.45, 7) is 20.6. The molecule has 0 aromatic carbocycles. The second kappa shape index (κ2) is 8.02. The summed E-state index contributed by atoms with van der Waals surface area (Å²) in [6.07, 6.45) is 0. The van der Waals surface area contributed by atoms with Gasteiger partial charge in [-0.2, -0.15) is 0 Å². The Hall–Kier alpha value is 0.230. The van der Waals surface area contributed by atoms with Crippen LogP contribution in [0.15, 0.2) is 0 Å². The predicted octanol–water partition coefficient (Wildman–Crippen LogP) is 3.97. The average Bonchev–Trinajstić information content (AvgIpc) is 2.09. The zero-order valence-corrected chi connectivity index (χ0v) is 15.8. The van der Waals surface area contributed by atoms with Gasteiger partial charge >= 0.3 is 0 Å². The maximum atomic E-state index is 6.12. The van der Waals surface area contributed by atoms with Crippen LogP contribution >= 0.6 is 8.53 Å². The van der Waals surface area contributed by atoms with E-state index < -0.39 is 8.53 Å². The van der Waals surface area contributed by atoms with Gasteiger partial charge in [0.15, 0.2) is 0 Å². The number of rotatable bonds is 7. The molecule has 0 saturated heterocycles. The third-order valence-electron chi connectivity index (χ3n) is 1.63. The molecule has 0 aliphatic heterocycles. The lowest BCUT2D eigenvalue weighted by atomic mass is 10.2. The summed E-state index contributed by atoms with van der Waals surface area (Å²) in [6, 6.07) is 0.580. The van der Waals surface area contributed by atoms with E-state index in [1.54, 1.807) is 0 Å². The Morgan fingerprint density at radius 3 is 1.25 bits per heavy atom. The lowest BCUT2D eigenvalue weighted by Gasteiger charge is -2.39. The zero-order chi connectivity index (χ0) is 16.1. The van der Waals surface area contributed by atoms with E-state index in [-0.39, 0.29) is 11.2 Å². The minimum Gasteiger partial charge on any atom is -0.314 e. The van der Waals surface area contributed by atoms with Crippen molar-refractivity contribution in [1.29, 1.82) is 0 Å². The summed E-state index contributed by atoms with van der Waals surface area (Å²) in [5.41, 5.74) is 6.17. The molecule has 0 aromatic heterocycles. The van der Waals surface area contributed by atoms with Gasteiger partial charge in [0.05, 0.1) is 11.2 Å². The van der Waals surface area contributed by atoms with Crippen LogP contribution in [0.1, 0.15) is 69.2 Å². The van der Waals surface area contributed by atoms with Gasteiger partial charge in [-0.25, -0.2) is 10.9 Å². The molecule has 0 rings (SSSR count). The van der Waals surface area contributed by atoms with Crippen LogP contribution < -0.4 is 10.9 Å². The predicted molar refractivity (Wildman–Crippen MR) is 87.0 cm³/mol. The Labute approximate surface area is 126 Å². The first-order valence-electron chi connectivity index (χ1n) is 7.31. The molecule has 122 valence electrons. The van der Waals surface area contributed by atoms with Crippen molar-refractivity contribution >= 4 is 8.53 Å². The minimum atomic E-state index is -1.25. The molecule has 0 heterocycles. The molecule has 20 heavy (non-hydrogen) atoms. The third kappa shape index (κ3) is 11.0. The Kier molecular flexibility index (Phi) is 8.11. The highest BCUT2D eigenvalue weighted by Crippen LogP contribution is 2.47. The molecule has 0 atom stereocenters. The lowest BCUT2D eigenvalue weighted by molar-refractivity contribution is 0.0288. The highest BCUT2D eigenvalue weighted by atomic mass is 31.2. The maximum absolute atomic E-state index is 6.12. The van der Waals surface area contributed by atoms with Crippen molar-refractivity contribution in [1.82, 2.24) is 15.7 Å². The standard InChI is InChI=1S/C14H34N3O2P/c1-11(2)15-17(16-12(3)4)20(18-13(5,6)7)19-14(8,9)10/h11-12,15-16H,1-10H3. The van der Waals surface area contributed by atoms with E-state index in [2.05, 4.69) is 38.5 Å². The molecule has 0 fully saturated rings. The molecule has 0 spiro atoms. The third-order valence-corrected chi connectivity index (χ3v) is 3.59. The number of nitrogens with zero attached hydrogens (tertiary/aromatic N) is 1. The molecule has 0 aromatic rings. The van der Waals surface area contributed by atoms with Crippen LogP contribution in [0, 0.1) is 0 Å². The number of hydrazine groups is 2. The van der Waals surface area contributed by atoms with Gasteiger partial charge in [0.2, 0.25) is 0 Å². The molecule has 0 aliphatic carbocycles. The van der Waals surface area contributed by atoms with Gasteiger partial charge in [0, 0.05) is 12.1 Å². The van der Waals surface area contributed by atoms with Gasteiger partial charge in [0.25, 0.3) is 8.53 Å². The van der Waals surface area contributed by atoms with Crippen molar-refractivity contribution in [2.75, 3.05) is 0 Å². The minimum absolute atomic E-state index is 0.271. The van der Waals surface area contributed by atoms with Gasteiger partial charge in [0.1, 0.15) is 0 Å². The van der Waals surface area contributed by atoms with E-state index in [0.717, 1.165) is 0 Å². The van der Waals surface area contributed by atoms with Gasteiger partial charge in [-0.15, -0.1) is 4.89 Å². The van der Waals surface area contributed by atoms with Gasteiger partial charge in [-0.3, -0.25) is 0 Å². The van der Waals surface area contributed by atoms with Crippen LogP contribution in [0.25, 0.3) is 0 Å². The maximum Gasteiger partial charge on any atom is 0.289 e. The van der Waals surface area contributed by atoms with Crippen LogP contribution in [0.2, 0.25) is 0 Å². The molecule has 2 N–H and O–H groups in total. The zero-order valence-electron chi connectivity index (χ0n) is 14.9. The molecule has 0 unspecified atom stereocenters. The first-order valence-corrected chi connectivity index (χ1v) is 8.44. The summed E-state index contributed by atoms with van der Waals surface area (Å²) in [4.78, 5) is 1.89. The Morgan fingerprint density at radius 2 is 1.05 bits per heavy atom. The fraction of sp³-hybridized carbons (Fsp3) is 1.00. The Bertz CT molecular complexity index is 247. The molecule has 5 nitrogen and oxygen atoms in total. The monoisotopic (exact) mass is 307 g/mol. The molecule has 0 saturated carbocycles. The fourth-order valence-electron chi connectivity index (χ4n) is 1.19. The number of nitrogens with one attached hydrogen (secondary N) is 2. The molecular formula is C14H34N3O2P. The average molecular weight is 307 g/mol. The van der Waals surface area contributed by atoms with Crippen LogP contribution in [0.5, 0.6) is 0 Å². The van der Waals surface area contributed by atoms with Gasteiger partial charge < -0.3 is 9.05 Å². The van der Waals surface area contributed by atoms with Crippen molar-refractivity contribution in [3.63, 3.8) is 0 Å². The summed E-state index contributed by atoms with van der Waals surface area (Å²) >= 11 is 0. The number of hydrogen-bond donors (Lipinski definition) is 2. The molecule has 0 amide bonds. The fourth-order valence-corrected chi connectivity index (χ4v) is 2.98. The lowest BCUT2D eigenvalue weighted by Crippen LogP contribution is -2.51. The second-order valence-corrected chi connectivity index (χ2v) is 8.77. The van der Waals surface area contributed by atoms with Gasteiger partial charge in [-0.1, -0.05) is 0 Å². The molecule has 0 bridgehead atoms. The summed E-state index contributed by atoms with van der Waals surface area (Å²) < 4.78 is 12.2. The van der Waals surface area contributed by atoms with E-state index in [1.165, 1.54) is 0 Å². The van der Waals surface area contributed by atoms with E-state index in [4.69, 9.17) is 9.05 Å². The van der Waals surface area contributed by atoms with Gasteiger partial charge in [-0.05, 0) is 69.2 Å². The highest BCUT2D eigenvalue weighted by molar-refractivity contribution is 7.44. The van der Waals surface area contributed by atoms with Crippen molar-refractivity contribution in [3.05, 3.63) is 0 Å². The largest absolute Gasteiger partial charge is 0.314 e. The van der Waals surface area contributed by atoms with E-state index in [9.17, 15) is 0 Å². The number of hydrogen-bond acceptors (Lipinski definition) is 5. The first-order chi connectivity index (χ1) is 8.80. The molecule has 6 heteroatoms. The van der Waals surface area contributed by atoms with Crippen LogP contribution in [0.3, 0.4) is 0 Å². The van der Waals surface area contributed by atoms with E-state index >= 15 is 0 Å². The van der Waals surface area contributed by atoms with Crippen LogP contribution in [-0.4, -0.2) is 28.2 Å².